The minimum atomic E-state index is -0.103. The SMILES string of the molecule is C=C(C)CN(CC)C(=O)[C@@H]1Cc2ccccc2CN1. The van der Waals surface area contributed by atoms with E-state index in [4.69, 9.17) is 0 Å². The molecule has 0 fully saturated rings. The fraction of sp³-hybridized carbons (Fsp3) is 0.438. The number of amides is 1. The number of likely N-dealkylation sites (N-methyl/N-ethyl adjacent to an activating group) is 1. The minimum Gasteiger partial charge on any atom is -0.338 e. The Balaban J connectivity index is 2.07. The molecule has 1 heterocycles. The van der Waals surface area contributed by atoms with E-state index in [0.717, 1.165) is 25.1 Å². The van der Waals surface area contributed by atoms with Gasteiger partial charge in [-0.3, -0.25) is 4.79 Å². The number of hydrogen-bond donors (Lipinski definition) is 1. The summed E-state index contributed by atoms with van der Waals surface area (Å²) in [5.74, 6) is 0.181. The maximum absolute atomic E-state index is 12.5. The maximum Gasteiger partial charge on any atom is 0.240 e. The lowest BCUT2D eigenvalue weighted by Crippen LogP contribution is -2.49. The van der Waals surface area contributed by atoms with Gasteiger partial charge in [-0.15, -0.1) is 0 Å². The number of carbonyl (C=O) groups is 1. The Morgan fingerprint density at radius 2 is 2.11 bits per heavy atom. The van der Waals surface area contributed by atoms with Gasteiger partial charge < -0.3 is 10.2 Å². The first-order chi connectivity index (χ1) is 9.11. The predicted octanol–water partition coefficient (Wildman–Crippen LogP) is 2.13. The Kier molecular flexibility index (Phi) is 4.38. The smallest absolute Gasteiger partial charge is 0.240 e. The maximum atomic E-state index is 12.5. The second kappa shape index (κ2) is 6.02. The average Bonchev–Trinajstić information content (AvgIpc) is 2.43. The molecule has 0 aromatic heterocycles. The Morgan fingerprint density at radius 3 is 2.74 bits per heavy atom. The highest BCUT2D eigenvalue weighted by atomic mass is 16.2. The fourth-order valence-electron chi connectivity index (χ4n) is 2.52. The molecule has 3 heteroatoms. The summed E-state index contributed by atoms with van der Waals surface area (Å²) in [6.07, 6.45) is 0.779. The molecule has 102 valence electrons. The Bertz CT molecular complexity index is 481. The standard InChI is InChI=1S/C16H22N2O/c1-4-18(11-12(2)3)16(19)15-9-13-7-5-6-8-14(13)10-17-15/h5-8,15,17H,2,4,9-11H2,1,3H3/t15-/m0/s1. The molecule has 0 saturated heterocycles. The van der Waals surface area contributed by atoms with E-state index in [1.54, 1.807) is 0 Å². The number of nitrogens with zero attached hydrogens (tertiary/aromatic N) is 1. The summed E-state index contributed by atoms with van der Waals surface area (Å²) in [4.78, 5) is 14.4. The van der Waals surface area contributed by atoms with Crippen LogP contribution in [0.2, 0.25) is 0 Å². The number of nitrogens with one attached hydrogen (secondary N) is 1. The molecular weight excluding hydrogens is 236 g/mol. The van der Waals surface area contributed by atoms with Crippen molar-refractivity contribution in [3.63, 3.8) is 0 Å². The van der Waals surface area contributed by atoms with E-state index in [0.29, 0.717) is 6.54 Å². The third-order valence-electron chi connectivity index (χ3n) is 3.53. The summed E-state index contributed by atoms with van der Waals surface area (Å²) in [6.45, 7) is 10.0. The summed E-state index contributed by atoms with van der Waals surface area (Å²) in [5.41, 5.74) is 3.60. The lowest BCUT2D eigenvalue weighted by molar-refractivity contribution is -0.133. The van der Waals surface area contributed by atoms with Crippen LogP contribution >= 0.6 is 0 Å². The summed E-state index contributed by atoms with van der Waals surface area (Å²) >= 11 is 0. The van der Waals surface area contributed by atoms with Crippen molar-refractivity contribution in [3.05, 3.63) is 47.5 Å². The summed E-state index contributed by atoms with van der Waals surface area (Å²) < 4.78 is 0. The van der Waals surface area contributed by atoms with Crippen LogP contribution in [0.3, 0.4) is 0 Å². The molecule has 1 N–H and O–H groups in total. The topological polar surface area (TPSA) is 32.3 Å². The van der Waals surface area contributed by atoms with Gasteiger partial charge in [0.05, 0.1) is 6.04 Å². The molecule has 1 aliphatic rings. The van der Waals surface area contributed by atoms with Crippen LogP contribution in [0, 0.1) is 0 Å². The van der Waals surface area contributed by atoms with Gasteiger partial charge in [-0.05, 0) is 31.4 Å². The van der Waals surface area contributed by atoms with Crippen molar-refractivity contribution < 1.29 is 4.79 Å². The van der Waals surface area contributed by atoms with E-state index in [-0.39, 0.29) is 11.9 Å². The second-order valence-electron chi connectivity index (χ2n) is 5.22. The van der Waals surface area contributed by atoms with E-state index < -0.39 is 0 Å². The van der Waals surface area contributed by atoms with Crippen molar-refractivity contribution in [1.29, 1.82) is 0 Å². The summed E-state index contributed by atoms with van der Waals surface area (Å²) in [6, 6.07) is 8.22. The highest BCUT2D eigenvalue weighted by Gasteiger charge is 2.27. The van der Waals surface area contributed by atoms with Crippen LogP contribution in [0.15, 0.2) is 36.4 Å². The minimum absolute atomic E-state index is 0.103. The van der Waals surface area contributed by atoms with Gasteiger partial charge in [0, 0.05) is 19.6 Å². The van der Waals surface area contributed by atoms with Gasteiger partial charge in [0.15, 0.2) is 0 Å². The molecule has 19 heavy (non-hydrogen) atoms. The van der Waals surface area contributed by atoms with Gasteiger partial charge >= 0.3 is 0 Å². The number of rotatable bonds is 4. The first kappa shape index (κ1) is 13.8. The summed E-state index contributed by atoms with van der Waals surface area (Å²) in [7, 11) is 0. The van der Waals surface area contributed by atoms with Gasteiger partial charge in [-0.1, -0.05) is 36.4 Å². The molecule has 0 saturated carbocycles. The van der Waals surface area contributed by atoms with E-state index in [9.17, 15) is 4.79 Å². The Morgan fingerprint density at radius 1 is 1.42 bits per heavy atom. The number of hydrogen-bond acceptors (Lipinski definition) is 2. The van der Waals surface area contributed by atoms with E-state index in [1.165, 1.54) is 11.1 Å². The van der Waals surface area contributed by atoms with Crippen molar-refractivity contribution in [2.45, 2.75) is 32.9 Å². The van der Waals surface area contributed by atoms with Crippen LogP contribution in [0.4, 0.5) is 0 Å². The van der Waals surface area contributed by atoms with Crippen LogP contribution in [0.25, 0.3) is 0 Å². The number of carbonyl (C=O) groups excluding carboxylic acids is 1. The highest BCUT2D eigenvalue weighted by molar-refractivity contribution is 5.82. The second-order valence-corrected chi connectivity index (χ2v) is 5.22. The van der Waals surface area contributed by atoms with Gasteiger partial charge in [-0.25, -0.2) is 0 Å². The number of benzene rings is 1. The van der Waals surface area contributed by atoms with Crippen LogP contribution in [0.1, 0.15) is 25.0 Å². The normalized spacial score (nSPS) is 17.7. The molecule has 0 spiro atoms. The molecular formula is C16H22N2O. The monoisotopic (exact) mass is 258 g/mol. The molecule has 2 rings (SSSR count). The molecule has 1 atom stereocenters. The van der Waals surface area contributed by atoms with Crippen molar-refractivity contribution in [1.82, 2.24) is 10.2 Å². The molecule has 1 aliphatic heterocycles. The van der Waals surface area contributed by atoms with Crippen molar-refractivity contribution in [3.8, 4) is 0 Å². The zero-order valence-electron chi connectivity index (χ0n) is 11.8. The van der Waals surface area contributed by atoms with Crippen molar-refractivity contribution in [2.75, 3.05) is 13.1 Å². The van der Waals surface area contributed by atoms with Gasteiger partial charge in [0.1, 0.15) is 0 Å². The molecule has 3 nitrogen and oxygen atoms in total. The quantitative estimate of drug-likeness (QED) is 0.839. The molecule has 1 aromatic carbocycles. The third-order valence-corrected chi connectivity index (χ3v) is 3.53. The zero-order valence-corrected chi connectivity index (χ0v) is 11.8. The van der Waals surface area contributed by atoms with Gasteiger partial charge in [-0.2, -0.15) is 0 Å². The molecule has 1 aromatic rings. The van der Waals surface area contributed by atoms with Crippen LogP contribution < -0.4 is 5.32 Å². The largest absolute Gasteiger partial charge is 0.338 e. The molecule has 0 radical (unpaired) electrons. The molecule has 1 amide bonds. The summed E-state index contributed by atoms with van der Waals surface area (Å²) in [5, 5.41) is 3.34. The van der Waals surface area contributed by atoms with Crippen molar-refractivity contribution in [2.24, 2.45) is 0 Å². The van der Waals surface area contributed by atoms with E-state index >= 15 is 0 Å². The van der Waals surface area contributed by atoms with E-state index in [2.05, 4.69) is 24.0 Å². The molecule has 0 unspecified atom stereocenters. The zero-order chi connectivity index (χ0) is 13.8. The lowest BCUT2D eigenvalue weighted by atomic mass is 9.95. The van der Waals surface area contributed by atoms with Crippen LogP contribution in [-0.2, 0) is 17.8 Å². The molecule has 0 bridgehead atoms. The first-order valence-electron chi connectivity index (χ1n) is 6.85. The van der Waals surface area contributed by atoms with Crippen LogP contribution in [0.5, 0.6) is 0 Å². The molecule has 0 aliphatic carbocycles. The Labute approximate surface area is 115 Å². The third kappa shape index (κ3) is 3.24. The Hall–Kier alpha value is -1.61. The predicted molar refractivity (Wildman–Crippen MR) is 77.8 cm³/mol. The first-order valence-corrected chi connectivity index (χ1v) is 6.85. The van der Waals surface area contributed by atoms with Gasteiger partial charge in [0.2, 0.25) is 5.91 Å². The van der Waals surface area contributed by atoms with Crippen LogP contribution in [-0.4, -0.2) is 29.9 Å². The number of fused-ring (bicyclic) bond motifs is 1. The lowest BCUT2D eigenvalue weighted by Gasteiger charge is -2.30. The fourth-order valence-corrected chi connectivity index (χ4v) is 2.52. The van der Waals surface area contributed by atoms with E-state index in [1.807, 2.05) is 30.9 Å². The van der Waals surface area contributed by atoms with Gasteiger partial charge in [0.25, 0.3) is 0 Å². The van der Waals surface area contributed by atoms with Crippen molar-refractivity contribution >= 4 is 5.91 Å². The highest BCUT2D eigenvalue weighted by Crippen LogP contribution is 2.17. The average molecular weight is 258 g/mol.